The molecule has 0 heterocycles. The first-order valence-corrected chi connectivity index (χ1v) is 9.57. The fraction of sp³-hybridized carbons (Fsp3) is 0.364. The minimum Gasteiger partial charge on any atom is -0.497 e. The highest BCUT2D eigenvalue weighted by atomic mass is 16.5. The van der Waals surface area contributed by atoms with Crippen molar-refractivity contribution >= 4 is 17.6 Å². The third-order valence-corrected chi connectivity index (χ3v) is 4.39. The molecule has 1 unspecified atom stereocenters. The number of carbonyl (C=O) groups excluding carboxylic acids is 2. The first-order valence-electron chi connectivity index (χ1n) is 9.57. The van der Waals surface area contributed by atoms with Gasteiger partial charge in [0.05, 0.1) is 13.2 Å². The van der Waals surface area contributed by atoms with Crippen LogP contribution < -0.4 is 15.4 Å². The van der Waals surface area contributed by atoms with Crippen molar-refractivity contribution in [2.45, 2.75) is 32.7 Å². The molecule has 1 atom stereocenters. The Kier molecular flexibility index (Phi) is 8.34. The zero-order valence-corrected chi connectivity index (χ0v) is 16.8. The summed E-state index contributed by atoms with van der Waals surface area (Å²) in [6.07, 6.45) is 1.07. The molecule has 150 valence electrons. The van der Waals surface area contributed by atoms with Crippen LogP contribution >= 0.6 is 0 Å². The fourth-order valence-corrected chi connectivity index (χ4v) is 2.86. The molecule has 0 saturated carbocycles. The molecule has 3 amide bonds. The highest BCUT2D eigenvalue weighted by Gasteiger charge is 2.16. The molecule has 6 heteroatoms. The standard InChI is InChI=1S/C22H29N3O3/c1-4-14-25(22(27)24-19-11-8-12-20(16-19)28-3)15-13-21(26)23-17(2)18-9-6-5-7-10-18/h5-12,16-17H,4,13-15H2,1-3H3,(H,23,26)(H,24,27). The van der Waals surface area contributed by atoms with Crippen molar-refractivity contribution < 1.29 is 14.3 Å². The van der Waals surface area contributed by atoms with Gasteiger partial charge in [0.1, 0.15) is 5.75 Å². The number of nitrogens with one attached hydrogen (secondary N) is 2. The number of hydrogen-bond donors (Lipinski definition) is 2. The number of carbonyl (C=O) groups is 2. The van der Waals surface area contributed by atoms with Crippen molar-refractivity contribution in [1.29, 1.82) is 0 Å². The van der Waals surface area contributed by atoms with Gasteiger partial charge in [-0.3, -0.25) is 4.79 Å². The van der Waals surface area contributed by atoms with E-state index in [0.717, 1.165) is 12.0 Å². The molecule has 0 aromatic heterocycles. The van der Waals surface area contributed by atoms with Crippen molar-refractivity contribution in [3.63, 3.8) is 0 Å². The predicted octanol–water partition coefficient (Wildman–Crippen LogP) is 4.21. The maximum absolute atomic E-state index is 12.6. The van der Waals surface area contributed by atoms with Crippen molar-refractivity contribution in [1.82, 2.24) is 10.2 Å². The summed E-state index contributed by atoms with van der Waals surface area (Å²) in [4.78, 5) is 26.6. The van der Waals surface area contributed by atoms with E-state index in [9.17, 15) is 9.59 Å². The molecule has 2 aromatic rings. The van der Waals surface area contributed by atoms with E-state index in [1.165, 1.54) is 0 Å². The zero-order valence-electron chi connectivity index (χ0n) is 16.8. The van der Waals surface area contributed by atoms with Crippen LogP contribution in [0.15, 0.2) is 54.6 Å². The predicted molar refractivity (Wildman–Crippen MR) is 111 cm³/mol. The number of hydrogen-bond acceptors (Lipinski definition) is 3. The minimum absolute atomic E-state index is 0.0704. The molecule has 0 bridgehead atoms. The second-order valence-corrected chi connectivity index (χ2v) is 6.60. The summed E-state index contributed by atoms with van der Waals surface area (Å²) >= 11 is 0. The summed E-state index contributed by atoms with van der Waals surface area (Å²) in [5.74, 6) is 0.598. The van der Waals surface area contributed by atoms with Gasteiger partial charge >= 0.3 is 6.03 Å². The molecule has 28 heavy (non-hydrogen) atoms. The highest BCUT2D eigenvalue weighted by Crippen LogP contribution is 2.17. The van der Waals surface area contributed by atoms with E-state index in [2.05, 4.69) is 10.6 Å². The molecule has 0 fully saturated rings. The molecule has 0 aliphatic rings. The highest BCUT2D eigenvalue weighted by molar-refractivity contribution is 5.90. The van der Waals surface area contributed by atoms with Gasteiger partial charge < -0.3 is 20.3 Å². The third kappa shape index (κ3) is 6.61. The first kappa shape index (κ1) is 21.3. The average Bonchev–Trinajstić information content (AvgIpc) is 2.71. The number of rotatable bonds is 9. The van der Waals surface area contributed by atoms with Gasteiger partial charge in [0.2, 0.25) is 5.91 Å². The Morgan fingerprint density at radius 2 is 1.82 bits per heavy atom. The molecular formula is C22H29N3O3. The lowest BCUT2D eigenvalue weighted by molar-refractivity contribution is -0.121. The number of benzene rings is 2. The number of nitrogens with zero attached hydrogens (tertiary/aromatic N) is 1. The van der Waals surface area contributed by atoms with E-state index >= 15 is 0 Å². The van der Waals surface area contributed by atoms with Gasteiger partial charge in [0.25, 0.3) is 0 Å². The van der Waals surface area contributed by atoms with Gasteiger partial charge in [0.15, 0.2) is 0 Å². The van der Waals surface area contributed by atoms with Crippen LogP contribution in [0.5, 0.6) is 5.75 Å². The van der Waals surface area contributed by atoms with E-state index < -0.39 is 0 Å². The topological polar surface area (TPSA) is 70.7 Å². The van der Waals surface area contributed by atoms with E-state index in [1.54, 1.807) is 24.1 Å². The Labute approximate surface area is 166 Å². The van der Waals surface area contributed by atoms with Crippen LogP contribution in [-0.2, 0) is 4.79 Å². The third-order valence-electron chi connectivity index (χ3n) is 4.39. The van der Waals surface area contributed by atoms with Crippen molar-refractivity contribution in [2.75, 3.05) is 25.5 Å². The molecule has 2 N–H and O–H groups in total. The zero-order chi connectivity index (χ0) is 20.4. The Morgan fingerprint density at radius 3 is 2.50 bits per heavy atom. The lowest BCUT2D eigenvalue weighted by Gasteiger charge is -2.23. The van der Waals surface area contributed by atoms with Crippen LogP contribution in [0.3, 0.4) is 0 Å². The van der Waals surface area contributed by atoms with Gasteiger partial charge in [-0.1, -0.05) is 43.3 Å². The summed E-state index contributed by atoms with van der Waals surface area (Å²) in [7, 11) is 1.58. The molecule has 2 rings (SSSR count). The molecule has 6 nitrogen and oxygen atoms in total. The van der Waals surface area contributed by atoms with E-state index in [-0.39, 0.29) is 24.4 Å². The lowest BCUT2D eigenvalue weighted by Crippen LogP contribution is -2.38. The molecule has 0 saturated heterocycles. The summed E-state index contributed by atoms with van der Waals surface area (Å²) in [6.45, 7) is 4.89. The fourth-order valence-electron chi connectivity index (χ4n) is 2.86. The summed E-state index contributed by atoms with van der Waals surface area (Å²) in [5, 5.41) is 5.85. The molecular weight excluding hydrogens is 354 g/mol. The first-order chi connectivity index (χ1) is 13.5. The molecule has 0 spiro atoms. The van der Waals surface area contributed by atoms with Crippen LogP contribution in [-0.4, -0.2) is 37.0 Å². The number of methoxy groups -OCH3 is 1. The Morgan fingerprint density at radius 1 is 1.07 bits per heavy atom. The van der Waals surface area contributed by atoms with Crippen molar-refractivity contribution in [2.24, 2.45) is 0 Å². The van der Waals surface area contributed by atoms with Crippen LogP contribution in [0.25, 0.3) is 0 Å². The van der Waals surface area contributed by atoms with Crippen LogP contribution in [0.1, 0.15) is 38.3 Å². The monoisotopic (exact) mass is 383 g/mol. The number of amides is 3. The SMILES string of the molecule is CCCN(CCC(=O)NC(C)c1ccccc1)C(=O)Nc1cccc(OC)c1. The second kappa shape index (κ2) is 11.0. The van der Waals surface area contributed by atoms with Gasteiger partial charge in [0, 0.05) is 31.3 Å². The molecule has 0 radical (unpaired) electrons. The largest absolute Gasteiger partial charge is 0.497 e. The Bertz CT molecular complexity index is 765. The van der Waals surface area contributed by atoms with Crippen LogP contribution in [0.4, 0.5) is 10.5 Å². The van der Waals surface area contributed by atoms with Gasteiger partial charge in [-0.15, -0.1) is 0 Å². The number of ether oxygens (including phenoxy) is 1. The lowest BCUT2D eigenvalue weighted by atomic mass is 10.1. The van der Waals surface area contributed by atoms with Gasteiger partial charge in [-0.2, -0.15) is 0 Å². The van der Waals surface area contributed by atoms with Gasteiger partial charge in [-0.25, -0.2) is 4.79 Å². The van der Waals surface area contributed by atoms with Gasteiger partial charge in [-0.05, 0) is 31.0 Å². The summed E-state index contributed by atoms with van der Waals surface area (Å²) < 4.78 is 5.18. The van der Waals surface area contributed by atoms with E-state index in [1.807, 2.05) is 56.3 Å². The number of anilines is 1. The Balaban J connectivity index is 1.88. The van der Waals surface area contributed by atoms with Crippen LogP contribution in [0, 0.1) is 0 Å². The number of urea groups is 1. The maximum Gasteiger partial charge on any atom is 0.321 e. The molecule has 0 aliphatic heterocycles. The minimum atomic E-state index is -0.223. The summed E-state index contributed by atoms with van der Waals surface area (Å²) in [6, 6.07) is 16.7. The average molecular weight is 383 g/mol. The summed E-state index contributed by atoms with van der Waals surface area (Å²) in [5.41, 5.74) is 1.71. The Hall–Kier alpha value is -3.02. The van der Waals surface area contributed by atoms with E-state index in [0.29, 0.717) is 24.5 Å². The normalized spacial score (nSPS) is 11.4. The van der Waals surface area contributed by atoms with E-state index in [4.69, 9.17) is 4.74 Å². The maximum atomic E-state index is 12.6. The quantitative estimate of drug-likeness (QED) is 0.681. The molecule has 0 aliphatic carbocycles. The smallest absolute Gasteiger partial charge is 0.321 e. The molecule has 2 aromatic carbocycles. The van der Waals surface area contributed by atoms with Crippen molar-refractivity contribution in [3.05, 3.63) is 60.2 Å². The van der Waals surface area contributed by atoms with Crippen molar-refractivity contribution in [3.8, 4) is 5.75 Å². The van der Waals surface area contributed by atoms with Crippen LogP contribution in [0.2, 0.25) is 0 Å². The second-order valence-electron chi connectivity index (χ2n) is 6.60.